The predicted molar refractivity (Wildman–Crippen MR) is 81.6 cm³/mol. The molecule has 5 heteroatoms. The molecule has 4 nitrogen and oxygen atoms in total. The number of rotatable bonds is 2. The van der Waals surface area contributed by atoms with Gasteiger partial charge in [-0.25, -0.2) is 14.4 Å². The summed E-state index contributed by atoms with van der Waals surface area (Å²) in [5.74, 6) is 0.326. The molecule has 3 aromatic heterocycles. The number of pyridine rings is 1. The van der Waals surface area contributed by atoms with Gasteiger partial charge in [0.2, 0.25) is 5.78 Å². The molecule has 0 aliphatic carbocycles. The maximum atomic E-state index is 13.2. The molecule has 0 saturated carbocycles. The topological polar surface area (TPSA) is 43.1 Å². The highest BCUT2D eigenvalue weighted by Crippen LogP contribution is 2.25. The molecule has 4 aromatic rings. The normalized spacial score (nSPS) is 11.0. The fourth-order valence-electron chi connectivity index (χ4n) is 2.39. The molecule has 0 spiro atoms. The SMILES string of the molecule is Fc1ccc(-c2cc(-c3ccccn3)nc3nccn23)cc1. The lowest BCUT2D eigenvalue weighted by atomic mass is 10.1. The average molecular weight is 290 g/mol. The molecule has 3 heterocycles. The molecular weight excluding hydrogens is 279 g/mol. The first kappa shape index (κ1) is 12.6. The zero-order chi connectivity index (χ0) is 14.9. The number of hydrogen-bond acceptors (Lipinski definition) is 3. The highest BCUT2D eigenvalue weighted by Gasteiger charge is 2.10. The van der Waals surface area contributed by atoms with Crippen LogP contribution in [0, 0.1) is 5.82 Å². The number of benzene rings is 1. The van der Waals surface area contributed by atoms with E-state index in [-0.39, 0.29) is 5.82 Å². The van der Waals surface area contributed by atoms with Crippen LogP contribution < -0.4 is 0 Å². The Bertz CT molecular complexity index is 930. The van der Waals surface area contributed by atoms with E-state index in [4.69, 9.17) is 0 Å². The van der Waals surface area contributed by atoms with E-state index < -0.39 is 0 Å². The Morgan fingerprint density at radius 3 is 2.50 bits per heavy atom. The second-order valence-corrected chi connectivity index (χ2v) is 4.85. The van der Waals surface area contributed by atoms with Gasteiger partial charge in [0.25, 0.3) is 0 Å². The summed E-state index contributed by atoms with van der Waals surface area (Å²) < 4.78 is 15.0. The standard InChI is InChI=1S/C17H11FN4/c18-13-6-4-12(5-7-13)16-11-15(14-3-1-2-8-19-14)21-17-20-9-10-22(16)17/h1-11H. The first-order valence-corrected chi connectivity index (χ1v) is 6.83. The largest absolute Gasteiger partial charge is 0.284 e. The van der Waals surface area contributed by atoms with Gasteiger partial charge in [-0.2, -0.15) is 0 Å². The summed E-state index contributed by atoms with van der Waals surface area (Å²) in [6.07, 6.45) is 5.26. The minimum Gasteiger partial charge on any atom is -0.284 e. The lowest BCUT2D eigenvalue weighted by molar-refractivity contribution is 0.628. The van der Waals surface area contributed by atoms with Gasteiger partial charge in [0.05, 0.1) is 17.1 Å². The maximum Gasteiger partial charge on any atom is 0.234 e. The van der Waals surface area contributed by atoms with Crippen molar-refractivity contribution >= 4 is 5.78 Å². The van der Waals surface area contributed by atoms with Crippen LogP contribution in [-0.2, 0) is 0 Å². The molecule has 0 amide bonds. The van der Waals surface area contributed by atoms with Crippen LogP contribution in [0.1, 0.15) is 0 Å². The van der Waals surface area contributed by atoms with Gasteiger partial charge in [-0.15, -0.1) is 0 Å². The number of fused-ring (bicyclic) bond motifs is 1. The van der Waals surface area contributed by atoms with Crippen LogP contribution in [0.3, 0.4) is 0 Å². The van der Waals surface area contributed by atoms with Gasteiger partial charge in [-0.05, 0) is 48.0 Å². The van der Waals surface area contributed by atoms with Crippen LogP contribution >= 0.6 is 0 Å². The van der Waals surface area contributed by atoms with Crippen molar-refractivity contribution in [2.75, 3.05) is 0 Å². The highest BCUT2D eigenvalue weighted by molar-refractivity contribution is 5.69. The third kappa shape index (κ3) is 2.13. The van der Waals surface area contributed by atoms with Crippen molar-refractivity contribution < 1.29 is 4.39 Å². The minimum atomic E-state index is -0.260. The Hall–Kier alpha value is -3.08. The molecule has 0 aliphatic rings. The molecule has 0 N–H and O–H groups in total. The van der Waals surface area contributed by atoms with Gasteiger partial charge in [-0.1, -0.05) is 6.07 Å². The second kappa shape index (κ2) is 5.04. The fraction of sp³-hybridized carbons (Fsp3) is 0. The smallest absolute Gasteiger partial charge is 0.234 e. The Morgan fingerprint density at radius 1 is 0.864 bits per heavy atom. The Morgan fingerprint density at radius 2 is 1.73 bits per heavy atom. The van der Waals surface area contributed by atoms with Crippen LogP contribution in [0.25, 0.3) is 28.4 Å². The molecule has 0 radical (unpaired) electrons. The van der Waals surface area contributed by atoms with E-state index in [0.717, 1.165) is 22.6 Å². The van der Waals surface area contributed by atoms with Crippen molar-refractivity contribution in [3.8, 4) is 22.6 Å². The maximum absolute atomic E-state index is 13.2. The van der Waals surface area contributed by atoms with E-state index in [1.54, 1.807) is 24.5 Å². The first-order chi connectivity index (χ1) is 10.8. The van der Waals surface area contributed by atoms with Gasteiger partial charge in [-0.3, -0.25) is 9.38 Å². The summed E-state index contributed by atoms with van der Waals surface area (Å²) in [6.45, 7) is 0. The molecular formula is C17H11FN4. The van der Waals surface area contributed by atoms with Crippen LogP contribution in [0.5, 0.6) is 0 Å². The summed E-state index contributed by atoms with van der Waals surface area (Å²) in [5, 5.41) is 0. The summed E-state index contributed by atoms with van der Waals surface area (Å²) in [4.78, 5) is 13.1. The molecule has 22 heavy (non-hydrogen) atoms. The third-order valence-electron chi connectivity index (χ3n) is 3.44. The number of halogens is 1. The highest BCUT2D eigenvalue weighted by atomic mass is 19.1. The molecule has 0 fully saturated rings. The van der Waals surface area contributed by atoms with Crippen molar-refractivity contribution in [1.29, 1.82) is 0 Å². The van der Waals surface area contributed by atoms with Gasteiger partial charge in [0, 0.05) is 18.6 Å². The first-order valence-electron chi connectivity index (χ1n) is 6.83. The molecule has 106 valence electrons. The molecule has 1 aromatic carbocycles. The van der Waals surface area contributed by atoms with Gasteiger partial charge < -0.3 is 0 Å². The summed E-state index contributed by atoms with van der Waals surface area (Å²) in [6, 6.07) is 14.0. The predicted octanol–water partition coefficient (Wildman–Crippen LogP) is 3.60. The lowest BCUT2D eigenvalue weighted by Crippen LogP contribution is -1.97. The van der Waals surface area contributed by atoms with Crippen molar-refractivity contribution in [2.24, 2.45) is 0 Å². The Balaban J connectivity index is 1.97. The van der Waals surface area contributed by atoms with Crippen LogP contribution in [-0.4, -0.2) is 19.4 Å². The Labute approximate surface area is 125 Å². The molecule has 0 aliphatic heterocycles. The zero-order valence-corrected chi connectivity index (χ0v) is 11.5. The number of nitrogens with zero attached hydrogens (tertiary/aromatic N) is 4. The summed E-state index contributed by atoms with van der Waals surface area (Å²) in [7, 11) is 0. The number of imidazole rings is 1. The van der Waals surface area contributed by atoms with Crippen molar-refractivity contribution in [1.82, 2.24) is 19.4 Å². The number of aromatic nitrogens is 4. The van der Waals surface area contributed by atoms with E-state index in [1.807, 2.05) is 34.9 Å². The van der Waals surface area contributed by atoms with Crippen LogP contribution in [0.2, 0.25) is 0 Å². The van der Waals surface area contributed by atoms with Gasteiger partial charge in [0.1, 0.15) is 5.82 Å². The lowest BCUT2D eigenvalue weighted by Gasteiger charge is -2.08. The third-order valence-corrected chi connectivity index (χ3v) is 3.44. The molecule has 0 atom stereocenters. The van der Waals surface area contributed by atoms with Crippen molar-refractivity contribution in [2.45, 2.75) is 0 Å². The molecule has 4 rings (SSSR count). The number of hydrogen-bond donors (Lipinski definition) is 0. The van der Waals surface area contributed by atoms with E-state index in [1.165, 1.54) is 12.1 Å². The minimum absolute atomic E-state index is 0.260. The van der Waals surface area contributed by atoms with Crippen molar-refractivity contribution in [3.63, 3.8) is 0 Å². The van der Waals surface area contributed by atoms with Gasteiger partial charge in [0.15, 0.2) is 0 Å². The second-order valence-electron chi connectivity index (χ2n) is 4.85. The monoisotopic (exact) mass is 290 g/mol. The van der Waals surface area contributed by atoms with Crippen molar-refractivity contribution in [3.05, 3.63) is 72.9 Å². The van der Waals surface area contributed by atoms with E-state index >= 15 is 0 Å². The van der Waals surface area contributed by atoms with Crippen LogP contribution in [0.15, 0.2) is 67.1 Å². The van der Waals surface area contributed by atoms with Gasteiger partial charge >= 0.3 is 0 Å². The fourth-order valence-corrected chi connectivity index (χ4v) is 2.39. The van der Waals surface area contributed by atoms with Crippen LogP contribution in [0.4, 0.5) is 4.39 Å². The zero-order valence-electron chi connectivity index (χ0n) is 11.5. The van der Waals surface area contributed by atoms with E-state index in [2.05, 4.69) is 15.0 Å². The molecule has 0 unspecified atom stereocenters. The van der Waals surface area contributed by atoms with E-state index in [9.17, 15) is 4.39 Å². The summed E-state index contributed by atoms with van der Waals surface area (Å²) >= 11 is 0. The average Bonchev–Trinajstić information content (AvgIpc) is 3.04. The molecule has 0 saturated heterocycles. The Kier molecular flexibility index (Phi) is 2.89. The quantitative estimate of drug-likeness (QED) is 0.566. The van der Waals surface area contributed by atoms with E-state index in [0.29, 0.717) is 5.78 Å². The summed E-state index contributed by atoms with van der Waals surface area (Å²) in [5.41, 5.74) is 3.29. The molecule has 0 bridgehead atoms.